The van der Waals surface area contributed by atoms with Crippen LogP contribution >= 0.6 is 0 Å². The molecule has 0 bridgehead atoms. The summed E-state index contributed by atoms with van der Waals surface area (Å²) >= 11 is 0. The highest BCUT2D eigenvalue weighted by atomic mass is 16.6. The first-order chi connectivity index (χ1) is 15.0. The van der Waals surface area contributed by atoms with Crippen LogP contribution in [0, 0.1) is 11.8 Å². The number of carbonyl (C=O) groups is 3. The van der Waals surface area contributed by atoms with Gasteiger partial charge in [0.05, 0.1) is 18.2 Å². The number of nitrogens with zero attached hydrogens (tertiary/aromatic N) is 1. The topological polar surface area (TPSA) is 105 Å². The van der Waals surface area contributed by atoms with Crippen LogP contribution in [-0.2, 0) is 19.1 Å². The number of aliphatic hydroxyl groups excluding tert-OH is 1. The lowest BCUT2D eigenvalue weighted by molar-refractivity contribution is -0.160. The predicted molar refractivity (Wildman–Crippen MR) is 127 cm³/mol. The van der Waals surface area contributed by atoms with Crippen molar-refractivity contribution in [2.75, 3.05) is 0 Å². The predicted octanol–water partition coefficient (Wildman–Crippen LogP) is 3.81. The molecule has 0 unspecified atom stereocenters. The van der Waals surface area contributed by atoms with Crippen molar-refractivity contribution in [2.45, 2.75) is 118 Å². The minimum Gasteiger partial charge on any atom is -0.458 e. The zero-order valence-electron chi connectivity index (χ0n) is 22.0. The molecule has 0 aromatic carbocycles. The third-order valence-corrected chi connectivity index (χ3v) is 5.65. The molecule has 33 heavy (non-hydrogen) atoms. The average Bonchev–Trinajstić information content (AvgIpc) is 3.01. The highest BCUT2D eigenvalue weighted by Crippen LogP contribution is 2.37. The molecule has 0 aromatic heterocycles. The zero-order valence-corrected chi connectivity index (χ0v) is 22.0. The van der Waals surface area contributed by atoms with E-state index in [1.54, 1.807) is 41.5 Å². The van der Waals surface area contributed by atoms with E-state index in [0.29, 0.717) is 12.8 Å². The van der Waals surface area contributed by atoms with Crippen LogP contribution in [0.25, 0.3) is 0 Å². The molecule has 1 saturated heterocycles. The minimum atomic E-state index is -0.932. The Morgan fingerprint density at radius 2 is 1.67 bits per heavy atom. The Morgan fingerprint density at radius 3 is 2.09 bits per heavy atom. The van der Waals surface area contributed by atoms with Gasteiger partial charge in [0.1, 0.15) is 17.2 Å². The summed E-state index contributed by atoms with van der Waals surface area (Å²) in [4.78, 5) is 40.1. The number of likely N-dealkylation sites (tertiary alicyclic amines) is 1. The van der Waals surface area contributed by atoms with E-state index in [1.807, 2.05) is 32.9 Å². The van der Waals surface area contributed by atoms with E-state index in [0.717, 1.165) is 0 Å². The third kappa shape index (κ3) is 8.32. The van der Waals surface area contributed by atoms with Crippen molar-refractivity contribution in [1.82, 2.24) is 10.2 Å². The fourth-order valence-corrected chi connectivity index (χ4v) is 4.15. The molecule has 0 radical (unpaired) electrons. The van der Waals surface area contributed by atoms with Gasteiger partial charge < -0.3 is 19.9 Å². The molecule has 0 spiro atoms. The Hall–Kier alpha value is -2.09. The van der Waals surface area contributed by atoms with Crippen LogP contribution in [0.5, 0.6) is 0 Å². The second-order valence-corrected chi connectivity index (χ2v) is 11.0. The first-order valence-corrected chi connectivity index (χ1v) is 11.8. The summed E-state index contributed by atoms with van der Waals surface area (Å²) in [5, 5.41) is 14.0. The molecular weight excluding hydrogens is 424 g/mol. The molecule has 0 aliphatic carbocycles. The van der Waals surface area contributed by atoms with Gasteiger partial charge >= 0.3 is 12.1 Å². The number of ether oxygens (including phenoxy) is 2. The number of hydrogen-bond acceptors (Lipinski definition) is 6. The highest BCUT2D eigenvalue weighted by Gasteiger charge is 2.53. The van der Waals surface area contributed by atoms with Crippen molar-refractivity contribution >= 4 is 18.0 Å². The molecule has 0 aromatic rings. The van der Waals surface area contributed by atoms with Gasteiger partial charge in [0.25, 0.3) is 0 Å². The second-order valence-electron chi connectivity index (χ2n) is 11.0. The number of nitrogens with one attached hydrogen (secondary N) is 1. The summed E-state index contributed by atoms with van der Waals surface area (Å²) in [5.41, 5.74) is -1.53. The number of carbonyl (C=O) groups excluding carboxylic acids is 3. The molecule has 1 fully saturated rings. The van der Waals surface area contributed by atoms with Gasteiger partial charge in [-0.3, -0.25) is 9.69 Å². The van der Waals surface area contributed by atoms with Crippen LogP contribution in [0.4, 0.5) is 4.79 Å². The van der Waals surface area contributed by atoms with Gasteiger partial charge in [-0.1, -0.05) is 32.4 Å². The van der Waals surface area contributed by atoms with Crippen molar-refractivity contribution in [3.63, 3.8) is 0 Å². The third-order valence-electron chi connectivity index (χ3n) is 5.65. The lowest BCUT2D eigenvalue weighted by Gasteiger charge is -2.40. The molecule has 2 N–H and O–H groups in total. The molecule has 1 rings (SSSR count). The molecule has 1 heterocycles. The maximum atomic E-state index is 13.4. The molecule has 1 aliphatic heterocycles. The molecule has 8 heteroatoms. The maximum absolute atomic E-state index is 13.4. The van der Waals surface area contributed by atoms with Gasteiger partial charge in [0.2, 0.25) is 5.91 Å². The summed E-state index contributed by atoms with van der Waals surface area (Å²) < 4.78 is 11.3. The number of esters is 1. The average molecular weight is 469 g/mol. The number of hydrogen-bond donors (Lipinski definition) is 2. The van der Waals surface area contributed by atoms with Crippen molar-refractivity contribution < 1.29 is 29.0 Å². The van der Waals surface area contributed by atoms with Crippen LogP contribution in [0.15, 0.2) is 12.2 Å². The van der Waals surface area contributed by atoms with Crippen LogP contribution < -0.4 is 5.32 Å². The van der Waals surface area contributed by atoms with Gasteiger partial charge in [-0.05, 0) is 60.8 Å². The largest absolute Gasteiger partial charge is 0.458 e. The van der Waals surface area contributed by atoms with Crippen LogP contribution in [-0.4, -0.2) is 63.4 Å². The lowest BCUT2D eigenvalue weighted by Crippen LogP contribution is -2.61. The minimum absolute atomic E-state index is 0.144. The standard InChI is InChI=1S/C25H44N2O6/c1-11-13-17-14-18(22(30)32-24(5,6)7)27(23(31)33-25(8,9)10)20(17)19(26-16(4)28)21(29)15(3)12-2/h11,13,15,17-21,29H,12,14H2,1-10H3,(H,26,28)/b13-11-/t15-,17-,18-,19-,20-,21-/m1/s1. The van der Waals surface area contributed by atoms with E-state index >= 15 is 0 Å². The Morgan fingerprint density at radius 1 is 1.12 bits per heavy atom. The van der Waals surface area contributed by atoms with Gasteiger partial charge in [-0.25, -0.2) is 9.59 Å². The molecule has 0 saturated carbocycles. The normalized spacial score (nSPS) is 24.3. The van der Waals surface area contributed by atoms with Crippen molar-refractivity contribution in [1.29, 1.82) is 0 Å². The molecule has 8 nitrogen and oxygen atoms in total. The molecular formula is C25H44N2O6. The van der Waals surface area contributed by atoms with E-state index < -0.39 is 47.5 Å². The molecule has 2 amide bonds. The molecule has 1 aliphatic rings. The second kappa shape index (κ2) is 11.4. The van der Waals surface area contributed by atoms with Crippen LogP contribution in [0.1, 0.15) is 82.1 Å². The summed E-state index contributed by atoms with van der Waals surface area (Å²) in [6.07, 6.45) is 3.13. The Bertz CT molecular complexity index is 721. The summed E-state index contributed by atoms with van der Waals surface area (Å²) in [5.74, 6) is -1.30. The van der Waals surface area contributed by atoms with E-state index in [2.05, 4.69) is 5.32 Å². The van der Waals surface area contributed by atoms with Gasteiger partial charge in [0, 0.05) is 12.8 Å². The van der Waals surface area contributed by atoms with Gasteiger partial charge in [-0.2, -0.15) is 0 Å². The Balaban J connectivity index is 3.61. The Kier molecular flexibility index (Phi) is 9.96. The summed E-state index contributed by atoms with van der Waals surface area (Å²) in [6, 6.07) is -2.40. The first kappa shape index (κ1) is 28.9. The van der Waals surface area contributed by atoms with Gasteiger partial charge in [-0.15, -0.1) is 0 Å². The monoisotopic (exact) mass is 468 g/mol. The first-order valence-electron chi connectivity index (χ1n) is 11.8. The van der Waals surface area contributed by atoms with E-state index in [1.165, 1.54) is 11.8 Å². The van der Waals surface area contributed by atoms with Crippen molar-refractivity contribution in [2.24, 2.45) is 11.8 Å². The number of allylic oxidation sites excluding steroid dienone is 1. The quantitative estimate of drug-likeness (QED) is 0.435. The Labute approximate surface area is 199 Å². The molecule has 6 atom stereocenters. The maximum Gasteiger partial charge on any atom is 0.411 e. The zero-order chi connectivity index (χ0) is 25.7. The number of rotatable bonds is 7. The summed E-state index contributed by atoms with van der Waals surface area (Å²) in [7, 11) is 0. The molecule has 190 valence electrons. The van der Waals surface area contributed by atoms with Gasteiger partial charge in [0.15, 0.2) is 0 Å². The fourth-order valence-electron chi connectivity index (χ4n) is 4.15. The lowest BCUT2D eigenvalue weighted by atomic mass is 9.85. The smallest absolute Gasteiger partial charge is 0.411 e. The van der Waals surface area contributed by atoms with Crippen LogP contribution in [0.3, 0.4) is 0 Å². The summed E-state index contributed by atoms with van der Waals surface area (Å²) in [6.45, 7) is 17.6. The SMILES string of the molecule is C/C=C\[C@@H]1C[C@H](C(=O)OC(C)(C)C)N(C(=O)OC(C)(C)C)[C@H]1[C@@H](NC(C)=O)[C@H](O)[C@H](C)CC. The van der Waals surface area contributed by atoms with Crippen molar-refractivity contribution in [3.8, 4) is 0 Å². The van der Waals surface area contributed by atoms with E-state index in [4.69, 9.17) is 9.47 Å². The fraction of sp³-hybridized carbons (Fsp3) is 0.800. The number of amides is 2. The van der Waals surface area contributed by atoms with E-state index in [-0.39, 0.29) is 17.7 Å². The van der Waals surface area contributed by atoms with Crippen LogP contribution in [0.2, 0.25) is 0 Å². The number of aliphatic hydroxyl groups is 1. The highest BCUT2D eigenvalue weighted by molar-refractivity contribution is 5.83. The van der Waals surface area contributed by atoms with E-state index in [9.17, 15) is 19.5 Å². The van der Waals surface area contributed by atoms with Crippen molar-refractivity contribution in [3.05, 3.63) is 12.2 Å².